The highest BCUT2D eigenvalue weighted by Gasteiger charge is 2.25. The van der Waals surface area contributed by atoms with Crippen LogP contribution in [0.1, 0.15) is 67.4 Å². The van der Waals surface area contributed by atoms with Gasteiger partial charge in [-0.3, -0.25) is 14.7 Å². The predicted molar refractivity (Wildman–Crippen MR) is 95.3 cm³/mol. The lowest BCUT2D eigenvalue weighted by Gasteiger charge is -2.36. The molecule has 1 fully saturated rings. The monoisotopic (exact) mass is 342 g/mol. The molecule has 3 heterocycles. The molecule has 6 nitrogen and oxygen atoms in total. The van der Waals surface area contributed by atoms with E-state index in [1.807, 2.05) is 26.2 Å². The topological polar surface area (TPSA) is 71.3 Å². The molecule has 2 aromatic rings. The Hall–Kier alpha value is -2.21. The molecule has 0 aromatic carbocycles. The van der Waals surface area contributed by atoms with Gasteiger partial charge in [-0.05, 0) is 37.5 Å². The third kappa shape index (κ3) is 4.25. The molecule has 2 aromatic heterocycles. The maximum absolute atomic E-state index is 12.3. The van der Waals surface area contributed by atoms with Crippen molar-refractivity contribution in [3.63, 3.8) is 0 Å². The standard InChI is InChI=1S/C19H26N4O2/c1-13(2)18-12-17(22-25-18)19(24)21-16-6-10-23(11-7-16)14(3)15-4-8-20-9-5-15/h4-5,8-9,12-14,16H,6-7,10-11H2,1-3H3,(H,21,24)/t14-/m1/s1. The first-order valence-corrected chi connectivity index (χ1v) is 8.96. The largest absolute Gasteiger partial charge is 0.360 e. The van der Waals surface area contributed by atoms with Crippen LogP contribution in [0.4, 0.5) is 0 Å². The van der Waals surface area contributed by atoms with Crippen molar-refractivity contribution in [3.8, 4) is 0 Å². The Morgan fingerprint density at radius 3 is 2.52 bits per heavy atom. The van der Waals surface area contributed by atoms with Crippen LogP contribution < -0.4 is 5.32 Å². The Morgan fingerprint density at radius 1 is 1.24 bits per heavy atom. The number of piperidine rings is 1. The molecule has 0 radical (unpaired) electrons. The minimum atomic E-state index is -0.142. The maximum atomic E-state index is 12.3. The summed E-state index contributed by atoms with van der Waals surface area (Å²) < 4.78 is 5.21. The molecule has 1 N–H and O–H groups in total. The fourth-order valence-electron chi connectivity index (χ4n) is 3.21. The van der Waals surface area contributed by atoms with Crippen molar-refractivity contribution in [2.45, 2.75) is 51.6 Å². The number of hydrogen-bond donors (Lipinski definition) is 1. The zero-order valence-corrected chi connectivity index (χ0v) is 15.1. The Balaban J connectivity index is 1.51. The van der Waals surface area contributed by atoms with E-state index in [0.717, 1.165) is 31.7 Å². The van der Waals surface area contributed by atoms with E-state index in [4.69, 9.17) is 4.52 Å². The third-order valence-corrected chi connectivity index (χ3v) is 4.93. The quantitative estimate of drug-likeness (QED) is 0.904. The average Bonchev–Trinajstić information content (AvgIpc) is 3.13. The number of nitrogens with one attached hydrogen (secondary N) is 1. The molecule has 1 amide bonds. The molecule has 1 saturated heterocycles. The van der Waals surface area contributed by atoms with Gasteiger partial charge in [-0.2, -0.15) is 0 Å². The zero-order chi connectivity index (χ0) is 17.8. The zero-order valence-electron chi connectivity index (χ0n) is 15.1. The lowest BCUT2D eigenvalue weighted by molar-refractivity contribution is 0.0887. The molecule has 1 aliphatic heterocycles. The van der Waals surface area contributed by atoms with Gasteiger partial charge in [0.15, 0.2) is 5.69 Å². The van der Waals surface area contributed by atoms with Gasteiger partial charge in [-0.1, -0.05) is 19.0 Å². The van der Waals surface area contributed by atoms with Crippen LogP contribution >= 0.6 is 0 Å². The highest BCUT2D eigenvalue weighted by Crippen LogP contribution is 2.24. The summed E-state index contributed by atoms with van der Waals surface area (Å²) in [6.45, 7) is 8.18. The van der Waals surface area contributed by atoms with Crippen LogP contribution in [0.3, 0.4) is 0 Å². The molecule has 25 heavy (non-hydrogen) atoms. The molecule has 3 rings (SSSR count). The summed E-state index contributed by atoms with van der Waals surface area (Å²) in [5.74, 6) is 0.828. The van der Waals surface area contributed by atoms with Gasteiger partial charge in [0.25, 0.3) is 5.91 Å². The van der Waals surface area contributed by atoms with Crippen LogP contribution in [-0.4, -0.2) is 40.1 Å². The van der Waals surface area contributed by atoms with Crippen LogP contribution in [0, 0.1) is 0 Å². The van der Waals surface area contributed by atoms with Gasteiger partial charge < -0.3 is 9.84 Å². The number of nitrogens with zero attached hydrogens (tertiary/aromatic N) is 3. The molecule has 0 bridgehead atoms. The first kappa shape index (κ1) is 17.6. The normalized spacial score (nSPS) is 17.6. The number of carbonyl (C=O) groups excluding carboxylic acids is 1. The van der Waals surface area contributed by atoms with Gasteiger partial charge >= 0.3 is 0 Å². The second kappa shape index (κ2) is 7.78. The van der Waals surface area contributed by atoms with Crippen molar-refractivity contribution >= 4 is 5.91 Å². The lowest BCUT2D eigenvalue weighted by atomic mass is 10.0. The maximum Gasteiger partial charge on any atom is 0.273 e. The molecule has 0 unspecified atom stereocenters. The number of likely N-dealkylation sites (tertiary alicyclic amines) is 1. The molecule has 6 heteroatoms. The number of hydrogen-bond acceptors (Lipinski definition) is 5. The van der Waals surface area contributed by atoms with E-state index in [2.05, 4.69) is 39.4 Å². The predicted octanol–water partition coefficient (Wildman–Crippen LogP) is 3.15. The molecular weight excluding hydrogens is 316 g/mol. The van der Waals surface area contributed by atoms with Crippen molar-refractivity contribution in [1.82, 2.24) is 20.4 Å². The first-order valence-electron chi connectivity index (χ1n) is 8.96. The Bertz CT molecular complexity index is 690. The molecule has 0 aliphatic carbocycles. The van der Waals surface area contributed by atoms with E-state index in [0.29, 0.717) is 11.7 Å². The van der Waals surface area contributed by atoms with Crippen molar-refractivity contribution in [1.29, 1.82) is 0 Å². The van der Waals surface area contributed by atoms with Gasteiger partial charge in [0.1, 0.15) is 5.76 Å². The van der Waals surface area contributed by atoms with Crippen LogP contribution in [0.25, 0.3) is 0 Å². The number of pyridine rings is 1. The number of aromatic nitrogens is 2. The van der Waals surface area contributed by atoms with Crippen LogP contribution in [0.15, 0.2) is 35.1 Å². The number of carbonyl (C=O) groups is 1. The van der Waals surface area contributed by atoms with E-state index in [1.54, 1.807) is 6.07 Å². The van der Waals surface area contributed by atoms with Crippen molar-refractivity contribution in [2.24, 2.45) is 0 Å². The summed E-state index contributed by atoms with van der Waals surface area (Å²) >= 11 is 0. The van der Waals surface area contributed by atoms with Crippen molar-refractivity contribution in [3.05, 3.63) is 47.6 Å². The third-order valence-electron chi connectivity index (χ3n) is 4.93. The molecule has 1 atom stereocenters. The van der Waals surface area contributed by atoms with E-state index in [-0.39, 0.29) is 17.9 Å². The molecule has 1 aliphatic rings. The Kier molecular flexibility index (Phi) is 5.48. The summed E-state index contributed by atoms with van der Waals surface area (Å²) in [6, 6.07) is 6.42. The molecule has 0 spiro atoms. The highest BCUT2D eigenvalue weighted by molar-refractivity contribution is 5.92. The smallest absolute Gasteiger partial charge is 0.273 e. The minimum Gasteiger partial charge on any atom is -0.360 e. The summed E-state index contributed by atoms with van der Waals surface area (Å²) in [5, 5.41) is 6.97. The van der Waals surface area contributed by atoms with Gasteiger partial charge in [0.05, 0.1) is 0 Å². The molecular formula is C19H26N4O2. The Morgan fingerprint density at radius 2 is 1.92 bits per heavy atom. The van der Waals surface area contributed by atoms with E-state index in [9.17, 15) is 4.79 Å². The van der Waals surface area contributed by atoms with Gasteiger partial charge in [-0.25, -0.2) is 0 Å². The summed E-state index contributed by atoms with van der Waals surface area (Å²) in [6.07, 6.45) is 5.55. The van der Waals surface area contributed by atoms with Crippen LogP contribution in [0.2, 0.25) is 0 Å². The lowest BCUT2D eigenvalue weighted by Crippen LogP contribution is -2.45. The second-order valence-electron chi connectivity index (χ2n) is 7.01. The Labute approximate surface area is 148 Å². The van der Waals surface area contributed by atoms with Gasteiger partial charge in [0.2, 0.25) is 0 Å². The minimum absolute atomic E-state index is 0.142. The summed E-state index contributed by atoms with van der Waals surface area (Å²) in [4.78, 5) is 18.9. The van der Waals surface area contributed by atoms with E-state index >= 15 is 0 Å². The van der Waals surface area contributed by atoms with Crippen molar-refractivity contribution in [2.75, 3.05) is 13.1 Å². The summed E-state index contributed by atoms with van der Waals surface area (Å²) in [7, 11) is 0. The van der Waals surface area contributed by atoms with E-state index < -0.39 is 0 Å². The highest BCUT2D eigenvalue weighted by atomic mass is 16.5. The fraction of sp³-hybridized carbons (Fsp3) is 0.526. The number of rotatable bonds is 5. The van der Waals surface area contributed by atoms with Crippen LogP contribution in [-0.2, 0) is 0 Å². The fourth-order valence-corrected chi connectivity index (χ4v) is 3.21. The van der Waals surface area contributed by atoms with Crippen molar-refractivity contribution < 1.29 is 9.32 Å². The average molecular weight is 342 g/mol. The SMILES string of the molecule is CC(C)c1cc(C(=O)NC2CCN([C@H](C)c3ccncc3)CC2)no1. The second-order valence-corrected chi connectivity index (χ2v) is 7.01. The van der Waals surface area contributed by atoms with Crippen LogP contribution in [0.5, 0.6) is 0 Å². The first-order chi connectivity index (χ1) is 12.0. The summed E-state index contributed by atoms with van der Waals surface area (Å²) in [5.41, 5.74) is 1.65. The van der Waals surface area contributed by atoms with Gasteiger partial charge in [-0.15, -0.1) is 0 Å². The molecule has 0 saturated carbocycles. The number of amides is 1. The molecule has 134 valence electrons. The van der Waals surface area contributed by atoms with E-state index in [1.165, 1.54) is 5.56 Å². The van der Waals surface area contributed by atoms with Gasteiger partial charge in [0, 0.05) is 49.6 Å².